The predicted octanol–water partition coefficient (Wildman–Crippen LogP) is -0.151. The molecule has 3 N–H and O–H groups in total. The van der Waals surface area contributed by atoms with Crippen LogP contribution in [0.25, 0.3) is 0 Å². The van der Waals surface area contributed by atoms with Gasteiger partial charge in [-0.2, -0.15) is 0 Å². The normalized spacial score (nSPS) is 23.4. The van der Waals surface area contributed by atoms with E-state index in [1.54, 1.807) is 11.8 Å². The van der Waals surface area contributed by atoms with Crippen molar-refractivity contribution in [3.8, 4) is 0 Å². The highest BCUT2D eigenvalue weighted by Crippen LogP contribution is 2.13. The molecule has 2 amide bonds. The molecule has 2 atom stereocenters. The van der Waals surface area contributed by atoms with Crippen LogP contribution in [0.2, 0.25) is 0 Å². The summed E-state index contributed by atoms with van der Waals surface area (Å²) in [5.74, 6) is -0.227. The number of piperidine rings is 1. The number of likely N-dealkylation sites (tertiary alicyclic amines) is 1. The summed E-state index contributed by atoms with van der Waals surface area (Å²) in [5.41, 5.74) is 5.68. The van der Waals surface area contributed by atoms with Gasteiger partial charge >= 0.3 is 0 Å². The summed E-state index contributed by atoms with van der Waals surface area (Å²) in [7, 11) is 0. The molecular formula is C11H21N3O2. The van der Waals surface area contributed by atoms with Crippen molar-refractivity contribution in [3.63, 3.8) is 0 Å². The van der Waals surface area contributed by atoms with E-state index in [1.165, 1.54) is 0 Å². The van der Waals surface area contributed by atoms with Crippen molar-refractivity contribution in [2.45, 2.75) is 51.7 Å². The Morgan fingerprint density at radius 3 is 2.69 bits per heavy atom. The van der Waals surface area contributed by atoms with Crippen LogP contribution in [0.5, 0.6) is 0 Å². The van der Waals surface area contributed by atoms with Crippen LogP contribution < -0.4 is 11.1 Å². The molecule has 1 fully saturated rings. The van der Waals surface area contributed by atoms with Crippen molar-refractivity contribution in [1.82, 2.24) is 10.2 Å². The van der Waals surface area contributed by atoms with Gasteiger partial charge in [-0.25, -0.2) is 0 Å². The summed E-state index contributed by atoms with van der Waals surface area (Å²) in [6.45, 7) is 6.16. The minimum Gasteiger partial charge on any atom is -0.352 e. The van der Waals surface area contributed by atoms with Crippen LogP contribution in [0.1, 0.15) is 33.6 Å². The predicted molar refractivity (Wildman–Crippen MR) is 61.7 cm³/mol. The van der Waals surface area contributed by atoms with Crippen LogP contribution in [0.3, 0.4) is 0 Å². The van der Waals surface area contributed by atoms with E-state index in [4.69, 9.17) is 5.73 Å². The Hall–Kier alpha value is -1.10. The number of hydrogen-bond acceptors (Lipinski definition) is 3. The fourth-order valence-electron chi connectivity index (χ4n) is 1.86. The van der Waals surface area contributed by atoms with Gasteiger partial charge in [-0.3, -0.25) is 9.59 Å². The van der Waals surface area contributed by atoms with Gasteiger partial charge < -0.3 is 16.0 Å². The molecule has 0 bridgehead atoms. The van der Waals surface area contributed by atoms with Gasteiger partial charge in [0.2, 0.25) is 11.8 Å². The molecule has 0 aromatic heterocycles. The Morgan fingerprint density at radius 1 is 1.50 bits per heavy atom. The third kappa shape index (κ3) is 2.95. The number of nitrogens with zero attached hydrogens (tertiary/aromatic N) is 1. The van der Waals surface area contributed by atoms with E-state index in [-0.39, 0.29) is 17.9 Å². The number of carbonyl (C=O) groups excluding carboxylic acids is 2. The molecule has 16 heavy (non-hydrogen) atoms. The fraction of sp³-hybridized carbons (Fsp3) is 0.818. The molecule has 0 aliphatic carbocycles. The zero-order chi connectivity index (χ0) is 12.3. The molecule has 92 valence electrons. The maximum absolute atomic E-state index is 11.8. The van der Waals surface area contributed by atoms with Crippen LogP contribution in [-0.4, -0.2) is 41.4 Å². The second-order valence-electron chi connectivity index (χ2n) is 4.62. The van der Waals surface area contributed by atoms with Crippen molar-refractivity contribution in [2.24, 2.45) is 5.73 Å². The van der Waals surface area contributed by atoms with Gasteiger partial charge in [0.25, 0.3) is 0 Å². The molecule has 0 spiro atoms. The second-order valence-corrected chi connectivity index (χ2v) is 4.62. The highest BCUT2D eigenvalue weighted by Gasteiger charge is 2.32. The molecule has 5 nitrogen and oxygen atoms in total. The van der Waals surface area contributed by atoms with Gasteiger partial charge in [0, 0.05) is 12.6 Å². The number of rotatable bonds is 3. The summed E-state index contributed by atoms with van der Waals surface area (Å²) < 4.78 is 0. The SMILES string of the molecule is CC(C)NC(=O)[C@@H](C)N1CCC[C@H](N)C1=O. The molecule has 0 radical (unpaired) electrons. The topological polar surface area (TPSA) is 75.4 Å². The first-order valence-electron chi connectivity index (χ1n) is 5.80. The van der Waals surface area contributed by atoms with Crippen molar-refractivity contribution in [3.05, 3.63) is 0 Å². The summed E-state index contributed by atoms with van der Waals surface area (Å²) in [6, 6.07) is -0.784. The number of carbonyl (C=O) groups is 2. The van der Waals surface area contributed by atoms with Crippen LogP contribution in [0.4, 0.5) is 0 Å². The number of nitrogens with two attached hydrogens (primary N) is 1. The van der Waals surface area contributed by atoms with Gasteiger partial charge in [0.05, 0.1) is 6.04 Å². The first kappa shape index (κ1) is 13.0. The first-order valence-corrected chi connectivity index (χ1v) is 5.80. The van der Waals surface area contributed by atoms with Crippen molar-refractivity contribution < 1.29 is 9.59 Å². The lowest BCUT2D eigenvalue weighted by Gasteiger charge is -2.34. The average Bonchev–Trinajstić information content (AvgIpc) is 2.20. The second kappa shape index (κ2) is 5.30. The number of amides is 2. The largest absolute Gasteiger partial charge is 0.352 e. The highest BCUT2D eigenvalue weighted by atomic mass is 16.2. The van der Waals surface area contributed by atoms with Crippen LogP contribution >= 0.6 is 0 Å². The van der Waals surface area contributed by atoms with Crippen molar-refractivity contribution >= 4 is 11.8 Å². The number of nitrogens with one attached hydrogen (secondary N) is 1. The van der Waals surface area contributed by atoms with Crippen LogP contribution in [0.15, 0.2) is 0 Å². The standard InChI is InChI=1S/C11H21N3O2/c1-7(2)13-10(15)8(3)14-6-4-5-9(12)11(14)16/h7-9H,4-6,12H2,1-3H3,(H,13,15)/t8-,9+/m1/s1. The molecular weight excluding hydrogens is 206 g/mol. The zero-order valence-electron chi connectivity index (χ0n) is 10.2. The van der Waals surface area contributed by atoms with Gasteiger partial charge in [-0.05, 0) is 33.6 Å². The quantitative estimate of drug-likeness (QED) is 0.704. The van der Waals surface area contributed by atoms with Gasteiger partial charge in [-0.15, -0.1) is 0 Å². The first-order chi connectivity index (χ1) is 7.43. The molecule has 1 aliphatic heterocycles. The van der Waals surface area contributed by atoms with E-state index in [1.807, 2.05) is 13.8 Å². The lowest BCUT2D eigenvalue weighted by Crippen LogP contribution is -2.56. The van der Waals surface area contributed by atoms with Gasteiger partial charge in [0.15, 0.2) is 0 Å². The van der Waals surface area contributed by atoms with E-state index >= 15 is 0 Å². The molecule has 1 heterocycles. The van der Waals surface area contributed by atoms with E-state index in [9.17, 15) is 9.59 Å². The molecule has 5 heteroatoms. The smallest absolute Gasteiger partial charge is 0.242 e. The highest BCUT2D eigenvalue weighted by molar-refractivity contribution is 5.90. The zero-order valence-corrected chi connectivity index (χ0v) is 10.2. The summed E-state index contributed by atoms with van der Waals surface area (Å²) in [6.07, 6.45) is 1.58. The summed E-state index contributed by atoms with van der Waals surface area (Å²) in [5, 5.41) is 2.80. The Kier molecular flexibility index (Phi) is 4.29. The Morgan fingerprint density at radius 2 is 2.12 bits per heavy atom. The maximum atomic E-state index is 11.8. The maximum Gasteiger partial charge on any atom is 0.242 e. The van der Waals surface area contributed by atoms with Crippen molar-refractivity contribution in [1.29, 1.82) is 0 Å². The molecule has 1 aliphatic rings. The monoisotopic (exact) mass is 227 g/mol. The number of hydrogen-bond donors (Lipinski definition) is 2. The molecule has 0 aromatic rings. The Labute approximate surface area is 96.4 Å². The summed E-state index contributed by atoms with van der Waals surface area (Å²) in [4.78, 5) is 25.1. The average molecular weight is 227 g/mol. The van der Waals surface area contributed by atoms with Gasteiger partial charge in [0.1, 0.15) is 6.04 Å². The van der Waals surface area contributed by atoms with Crippen molar-refractivity contribution in [2.75, 3.05) is 6.54 Å². The third-order valence-electron chi connectivity index (χ3n) is 2.79. The van der Waals surface area contributed by atoms with Crippen LogP contribution in [0, 0.1) is 0 Å². The fourth-order valence-corrected chi connectivity index (χ4v) is 1.86. The van der Waals surface area contributed by atoms with E-state index < -0.39 is 12.1 Å². The summed E-state index contributed by atoms with van der Waals surface area (Å²) >= 11 is 0. The Bertz CT molecular complexity index is 278. The minimum absolute atomic E-state index is 0.0866. The Balaban J connectivity index is 2.61. The van der Waals surface area contributed by atoms with Crippen LogP contribution in [-0.2, 0) is 9.59 Å². The minimum atomic E-state index is -0.442. The molecule has 1 rings (SSSR count). The molecule has 0 unspecified atom stereocenters. The van der Waals surface area contributed by atoms with E-state index in [0.717, 1.165) is 6.42 Å². The lowest BCUT2D eigenvalue weighted by atomic mass is 10.0. The third-order valence-corrected chi connectivity index (χ3v) is 2.79. The van der Waals surface area contributed by atoms with E-state index in [2.05, 4.69) is 5.32 Å². The molecule has 0 saturated carbocycles. The van der Waals surface area contributed by atoms with Gasteiger partial charge in [-0.1, -0.05) is 0 Å². The lowest BCUT2D eigenvalue weighted by molar-refractivity contribution is -0.143. The van der Waals surface area contributed by atoms with E-state index in [0.29, 0.717) is 13.0 Å². The molecule has 0 aromatic carbocycles. The molecule has 1 saturated heterocycles.